The standard InChI is InChI=1S/C13H15Br2NO2S/c1-13(2,3)7-4-10(17)16(6-7)12(18)9-5-8(14)11(15)19-9/h5,7H,4,6H2,1-3H3. The zero-order valence-electron chi connectivity index (χ0n) is 11.0. The van der Waals surface area contributed by atoms with E-state index in [1.54, 1.807) is 6.07 Å². The molecule has 1 aliphatic rings. The third-order valence-corrected chi connectivity index (χ3v) is 6.70. The molecule has 1 saturated heterocycles. The van der Waals surface area contributed by atoms with Gasteiger partial charge in [-0.1, -0.05) is 20.8 Å². The van der Waals surface area contributed by atoms with Crippen LogP contribution < -0.4 is 0 Å². The summed E-state index contributed by atoms with van der Waals surface area (Å²) in [6, 6.07) is 1.76. The minimum Gasteiger partial charge on any atom is -0.277 e. The highest BCUT2D eigenvalue weighted by atomic mass is 79.9. The molecule has 2 heterocycles. The minimum absolute atomic E-state index is 0.0430. The summed E-state index contributed by atoms with van der Waals surface area (Å²) < 4.78 is 1.72. The zero-order valence-corrected chi connectivity index (χ0v) is 15.0. The molecule has 0 saturated carbocycles. The van der Waals surface area contributed by atoms with E-state index in [4.69, 9.17) is 0 Å². The largest absolute Gasteiger partial charge is 0.277 e. The summed E-state index contributed by atoms with van der Waals surface area (Å²) in [6.45, 7) is 6.85. The molecule has 1 aromatic rings. The van der Waals surface area contributed by atoms with Crippen LogP contribution >= 0.6 is 43.2 Å². The fourth-order valence-corrected chi connectivity index (χ4v) is 4.05. The van der Waals surface area contributed by atoms with Crippen molar-refractivity contribution in [2.75, 3.05) is 6.54 Å². The van der Waals surface area contributed by atoms with Gasteiger partial charge in [-0.15, -0.1) is 11.3 Å². The number of rotatable bonds is 1. The molecule has 1 aliphatic heterocycles. The fourth-order valence-electron chi connectivity index (χ4n) is 2.07. The first-order valence-electron chi connectivity index (χ1n) is 5.99. The predicted octanol–water partition coefficient (Wildman–Crippen LogP) is 4.31. The third kappa shape index (κ3) is 3.11. The van der Waals surface area contributed by atoms with Gasteiger partial charge in [-0.05, 0) is 49.3 Å². The van der Waals surface area contributed by atoms with E-state index < -0.39 is 0 Å². The first-order chi connectivity index (χ1) is 8.70. The average molecular weight is 409 g/mol. The Balaban J connectivity index is 2.19. The van der Waals surface area contributed by atoms with E-state index in [9.17, 15) is 9.59 Å². The van der Waals surface area contributed by atoms with Gasteiger partial charge in [-0.3, -0.25) is 14.5 Å². The van der Waals surface area contributed by atoms with Crippen molar-refractivity contribution in [3.05, 3.63) is 19.2 Å². The summed E-state index contributed by atoms with van der Waals surface area (Å²) >= 11 is 8.07. The van der Waals surface area contributed by atoms with Crippen LogP contribution in [0.15, 0.2) is 14.3 Å². The predicted molar refractivity (Wildman–Crippen MR) is 83.3 cm³/mol. The van der Waals surface area contributed by atoms with Crippen molar-refractivity contribution >= 4 is 55.0 Å². The highest BCUT2D eigenvalue weighted by molar-refractivity contribution is 9.13. The van der Waals surface area contributed by atoms with Crippen LogP contribution in [-0.4, -0.2) is 23.3 Å². The second-order valence-electron chi connectivity index (χ2n) is 5.81. The molecule has 0 spiro atoms. The number of carbonyl (C=O) groups is 2. The Labute approximate surface area is 133 Å². The van der Waals surface area contributed by atoms with Crippen LogP contribution in [0, 0.1) is 11.3 Å². The highest BCUT2D eigenvalue weighted by Crippen LogP contribution is 2.37. The van der Waals surface area contributed by atoms with Gasteiger partial charge in [0.1, 0.15) is 0 Å². The summed E-state index contributed by atoms with van der Waals surface area (Å²) in [5.41, 5.74) is 0.0430. The lowest BCUT2D eigenvalue weighted by Gasteiger charge is -2.25. The molecule has 6 heteroatoms. The molecule has 104 valence electrons. The Kier molecular flexibility index (Phi) is 4.23. The summed E-state index contributed by atoms with van der Waals surface area (Å²) in [5, 5.41) is 0. The van der Waals surface area contributed by atoms with Gasteiger partial charge < -0.3 is 0 Å². The monoisotopic (exact) mass is 407 g/mol. The van der Waals surface area contributed by atoms with Gasteiger partial charge in [-0.25, -0.2) is 0 Å². The molecular weight excluding hydrogens is 394 g/mol. The smallest absolute Gasteiger partial charge is 0.270 e. The Bertz CT molecular complexity index is 514. The SMILES string of the molecule is CC(C)(C)C1CC(=O)N(C(=O)c2cc(Br)c(Br)s2)C1. The minimum atomic E-state index is -0.187. The molecule has 2 rings (SSSR count). The van der Waals surface area contributed by atoms with E-state index in [1.165, 1.54) is 16.2 Å². The summed E-state index contributed by atoms with van der Waals surface area (Å²) in [4.78, 5) is 26.4. The van der Waals surface area contributed by atoms with Crippen LogP contribution in [-0.2, 0) is 4.79 Å². The van der Waals surface area contributed by atoms with Crippen molar-refractivity contribution in [1.29, 1.82) is 0 Å². The zero-order chi connectivity index (χ0) is 14.4. The quantitative estimate of drug-likeness (QED) is 0.649. The van der Waals surface area contributed by atoms with E-state index in [0.717, 1.165) is 8.26 Å². The number of thiophene rings is 1. The lowest BCUT2D eigenvalue weighted by Crippen LogP contribution is -2.33. The van der Waals surface area contributed by atoms with Crippen LogP contribution in [0.2, 0.25) is 0 Å². The van der Waals surface area contributed by atoms with Gasteiger partial charge in [-0.2, -0.15) is 0 Å². The third-order valence-electron chi connectivity index (χ3n) is 3.45. The highest BCUT2D eigenvalue weighted by Gasteiger charge is 2.40. The van der Waals surface area contributed by atoms with E-state index in [2.05, 4.69) is 52.6 Å². The van der Waals surface area contributed by atoms with Crippen LogP contribution in [0.4, 0.5) is 0 Å². The second kappa shape index (κ2) is 5.30. The molecule has 0 bridgehead atoms. The van der Waals surface area contributed by atoms with E-state index in [-0.39, 0.29) is 23.1 Å². The van der Waals surface area contributed by atoms with Crippen molar-refractivity contribution < 1.29 is 9.59 Å². The number of nitrogens with zero attached hydrogens (tertiary/aromatic N) is 1. The Morgan fingerprint density at radius 1 is 1.42 bits per heavy atom. The number of amides is 2. The number of likely N-dealkylation sites (tertiary alicyclic amines) is 1. The maximum Gasteiger partial charge on any atom is 0.270 e. The van der Waals surface area contributed by atoms with Gasteiger partial charge in [0.05, 0.1) is 8.66 Å². The van der Waals surface area contributed by atoms with E-state index in [0.29, 0.717) is 17.8 Å². The molecular formula is C13H15Br2NO2S. The van der Waals surface area contributed by atoms with E-state index in [1.807, 2.05) is 0 Å². The maximum atomic E-state index is 12.4. The molecule has 1 unspecified atom stereocenters. The van der Waals surface area contributed by atoms with Gasteiger partial charge in [0.15, 0.2) is 0 Å². The fraction of sp³-hybridized carbons (Fsp3) is 0.538. The molecule has 1 fully saturated rings. The van der Waals surface area contributed by atoms with Crippen LogP contribution in [0.3, 0.4) is 0 Å². The lowest BCUT2D eigenvalue weighted by atomic mass is 9.80. The second-order valence-corrected chi connectivity index (χ2v) is 9.03. The molecule has 3 nitrogen and oxygen atoms in total. The Morgan fingerprint density at radius 2 is 2.05 bits per heavy atom. The Morgan fingerprint density at radius 3 is 2.47 bits per heavy atom. The van der Waals surface area contributed by atoms with Gasteiger partial charge in [0.2, 0.25) is 5.91 Å². The number of hydrogen-bond acceptors (Lipinski definition) is 3. The molecule has 0 aliphatic carbocycles. The van der Waals surface area contributed by atoms with Crippen molar-refractivity contribution in [2.45, 2.75) is 27.2 Å². The number of carbonyl (C=O) groups excluding carboxylic acids is 2. The van der Waals surface area contributed by atoms with Crippen molar-refractivity contribution in [3.8, 4) is 0 Å². The molecule has 0 N–H and O–H groups in total. The van der Waals surface area contributed by atoms with Crippen LogP contribution in [0.1, 0.15) is 36.9 Å². The number of imide groups is 1. The molecule has 19 heavy (non-hydrogen) atoms. The average Bonchev–Trinajstić information content (AvgIpc) is 2.82. The van der Waals surface area contributed by atoms with Crippen molar-refractivity contribution in [3.63, 3.8) is 0 Å². The molecule has 2 amide bonds. The summed E-state index contributed by atoms with van der Waals surface area (Å²) in [6.07, 6.45) is 0.461. The number of hydrogen-bond donors (Lipinski definition) is 0. The molecule has 0 radical (unpaired) electrons. The van der Waals surface area contributed by atoms with Crippen molar-refractivity contribution in [1.82, 2.24) is 4.90 Å². The summed E-state index contributed by atoms with van der Waals surface area (Å²) in [7, 11) is 0. The Hall–Kier alpha value is -0.200. The molecule has 0 aromatic carbocycles. The first kappa shape index (κ1) is 15.2. The van der Waals surface area contributed by atoms with Crippen LogP contribution in [0.5, 0.6) is 0 Å². The van der Waals surface area contributed by atoms with Gasteiger partial charge >= 0.3 is 0 Å². The maximum absolute atomic E-state index is 12.4. The van der Waals surface area contributed by atoms with Gasteiger partial charge in [0, 0.05) is 17.4 Å². The first-order valence-corrected chi connectivity index (χ1v) is 8.40. The van der Waals surface area contributed by atoms with Crippen molar-refractivity contribution in [2.24, 2.45) is 11.3 Å². The summed E-state index contributed by atoms with van der Waals surface area (Å²) in [5.74, 6) is -0.0190. The lowest BCUT2D eigenvalue weighted by molar-refractivity contribution is -0.125. The normalized spacial score (nSPS) is 20.2. The van der Waals surface area contributed by atoms with Gasteiger partial charge in [0.25, 0.3) is 5.91 Å². The topological polar surface area (TPSA) is 37.4 Å². The number of halogens is 2. The molecule has 1 aromatic heterocycles. The van der Waals surface area contributed by atoms with Crippen LogP contribution in [0.25, 0.3) is 0 Å². The van der Waals surface area contributed by atoms with E-state index >= 15 is 0 Å². The molecule has 1 atom stereocenters.